The lowest BCUT2D eigenvalue weighted by atomic mass is 10.2. The molecular weight excluding hydrogens is 184 g/mol. The van der Waals surface area contributed by atoms with Crippen LogP contribution in [0.25, 0.3) is 0 Å². The summed E-state index contributed by atoms with van der Waals surface area (Å²) in [5.41, 5.74) is 0. The standard InChI is InChI=1S/C9H16N2O3/c1-11(2)5-6-14-9(13)7-3-4-8(12)10-7/h7H,3-6H2,1-2H3,(H,10,12)/t7-/m0/s1. The Morgan fingerprint density at radius 3 is 2.86 bits per heavy atom. The minimum absolute atomic E-state index is 0.0699. The summed E-state index contributed by atoms with van der Waals surface area (Å²) >= 11 is 0. The van der Waals surface area contributed by atoms with Gasteiger partial charge in [0, 0.05) is 13.0 Å². The molecule has 5 nitrogen and oxygen atoms in total. The highest BCUT2D eigenvalue weighted by atomic mass is 16.5. The lowest BCUT2D eigenvalue weighted by Gasteiger charge is -2.12. The fraction of sp³-hybridized carbons (Fsp3) is 0.778. The number of carbonyl (C=O) groups is 2. The van der Waals surface area contributed by atoms with Crippen LogP contribution >= 0.6 is 0 Å². The third-order valence-corrected chi connectivity index (χ3v) is 2.06. The van der Waals surface area contributed by atoms with Crippen molar-refractivity contribution in [3.05, 3.63) is 0 Å². The van der Waals surface area contributed by atoms with Gasteiger partial charge in [-0.3, -0.25) is 4.79 Å². The largest absolute Gasteiger partial charge is 0.463 e. The summed E-state index contributed by atoms with van der Waals surface area (Å²) in [5, 5.41) is 2.56. The minimum Gasteiger partial charge on any atom is -0.463 e. The molecule has 1 amide bonds. The first-order chi connectivity index (χ1) is 6.59. The van der Waals surface area contributed by atoms with Crippen LogP contribution in [0.2, 0.25) is 0 Å². The maximum atomic E-state index is 11.3. The second-order valence-corrected chi connectivity index (χ2v) is 3.63. The van der Waals surface area contributed by atoms with Crippen molar-refractivity contribution in [2.75, 3.05) is 27.2 Å². The molecule has 0 aliphatic carbocycles. The van der Waals surface area contributed by atoms with Gasteiger partial charge in [0.15, 0.2) is 0 Å². The highest BCUT2D eigenvalue weighted by molar-refractivity contribution is 5.87. The number of rotatable bonds is 4. The molecule has 0 unspecified atom stereocenters. The molecule has 1 saturated heterocycles. The highest BCUT2D eigenvalue weighted by Gasteiger charge is 2.28. The molecule has 1 aliphatic heterocycles. The van der Waals surface area contributed by atoms with Crippen molar-refractivity contribution < 1.29 is 14.3 Å². The van der Waals surface area contributed by atoms with E-state index in [4.69, 9.17) is 4.74 Å². The molecule has 0 radical (unpaired) electrons. The van der Waals surface area contributed by atoms with E-state index < -0.39 is 6.04 Å². The summed E-state index contributed by atoms with van der Waals surface area (Å²) in [6, 6.07) is -0.426. The molecule has 1 atom stereocenters. The molecule has 0 bridgehead atoms. The fourth-order valence-electron chi connectivity index (χ4n) is 1.22. The number of nitrogens with one attached hydrogen (secondary N) is 1. The second kappa shape index (κ2) is 4.95. The summed E-state index contributed by atoms with van der Waals surface area (Å²) < 4.78 is 4.99. The molecular formula is C9H16N2O3. The number of nitrogens with zero attached hydrogens (tertiary/aromatic N) is 1. The summed E-state index contributed by atoms with van der Waals surface area (Å²) in [6.07, 6.45) is 0.979. The van der Waals surface area contributed by atoms with E-state index in [1.165, 1.54) is 0 Å². The molecule has 0 aromatic carbocycles. The van der Waals surface area contributed by atoms with Crippen molar-refractivity contribution in [2.24, 2.45) is 0 Å². The number of ether oxygens (including phenoxy) is 1. The first kappa shape index (κ1) is 11.0. The fourth-order valence-corrected chi connectivity index (χ4v) is 1.22. The van der Waals surface area contributed by atoms with Gasteiger partial charge in [-0.15, -0.1) is 0 Å². The molecule has 1 fully saturated rings. The van der Waals surface area contributed by atoms with Gasteiger partial charge in [-0.1, -0.05) is 0 Å². The highest BCUT2D eigenvalue weighted by Crippen LogP contribution is 2.07. The molecule has 1 N–H and O–H groups in total. The van der Waals surface area contributed by atoms with Crippen LogP contribution in [-0.4, -0.2) is 50.1 Å². The number of hydrogen-bond donors (Lipinski definition) is 1. The third kappa shape index (κ3) is 3.33. The lowest BCUT2D eigenvalue weighted by molar-refractivity contribution is -0.146. The first-order valence-electron chi connectivity index (χ1n) is 4.70. The number of amides is 1. The van der Waals surface area contributed by atoms with Crippen LogP contribution in [-0.2, 0) is 14.3 Å². The maximum Gasteiger partial charge on any atom is 0.328 e. The molecule has 1 aliphatic rings. The van der Waals surface area contributed by atoms with Crippen molar-refractivity contribution in [1.29, 1.82) is 0 Å². The number of hydrogen-bond acceptors (Lipinski definition) is 4. The predicted molar refractivity (Wildman–Crippen MR) is 50.7 cm³/mol. The number of likely N-dealkylation sites (N-methyl/N-ethyl adjacent to an activating group) is 1. The lowest BCUT2D eigenvalue weighted by Crippen LogP contribution is -2.35. The van der Waals surface area contributed by atoms with Crippen molar-refractivity contribution in [3.8, 4) is 0 Å². The van der Waals surface area contributed by atoms with Gasteiger partial charge in [-0.2, -0.15) is 0 Å². The van der Waals surface area contributed by atoms with Gasteiger partial charge in [-0.05, 0) is 20.5 Å². The average molecular weight is 200 g/mol. The van der Waals surface area contributed by atoms with Crippen LogP contribution in [0.4, 0.5) is 0 Å². The smallest absolute Gasteiger partial charge is 0.328 e. The molecule has 1 rings (SSSR count). The van der Waals surface area contributed by atoms with Crippen LogP contribution in [0, 0.1) is 0 Å². The van der Waals surface area contributed by atoms with Crippen molar-refractivity contribution in [1.82, 2.24) is 10.2 Å². The van der Waals surface area contributed by atoms with E-state index in [-0.39, 0.29) is 11.9 Å². The Bertz CT molecular complexity index is 228. The van der Waals surface area contributed by atoms with Crippen LogP contribution in [0.5, 0.6) is 0 Å². The van der Waals surface area contributed by atoms with E-state index in [2.05, 4.69) is 5.32 Å². The maximum absolute atomic E-state index is 11.3. The number of esters is 1. The molecule has 14 heavy (non-hydrogen) atoms. The molecule has 5 heteroatoms. The zero-order valence-corrected chi connectivity index (χ0v) is 8.58. The third-order valence-electron chi connectivity index (χ3n) is 2.06. The topological polar surface area (TPSA) is 58.6 Å². The zero-order chi connectivity index (χ0) is 10.6. The predicted octanol–water partition coefficient (Wildman–Crippen LogP) is -0.630. The monoisotopic (exact) mass is 200 g/mol. The van der Waals surface area contributed by atoms with Crippen LogP contribution in [0.3, 0.4) is 0 Å². The molecule has 0 aromatic rings. The second-order valence-electron chi connectivity index (χ2n) is 3.63. The van der Waals surface area contributed by atoms with Gasteiger partial charge in [0.1, 0.15) is 12.6 Å². The van der Waals surface area contributed by atoms with Crippen molar-refractivity contribution in [3.63, 3.8) is 0 Å². The number of carbonyl (C=O) groups excluding carboxylic acids is 2. The van der Waals surface area contributed by atoms with E-state index in [0.29, 0.717) is 26.0 Å². The normalized spacial score (nSPS) is 21.1. The molecule has 0 aromatic heterocycles. The van der Waals surface area contributed by atoms with E-state index in [0.717, 1.165) is 0 Å². The molecule has 0 saturated carbocycles. The van der Waals surface area contributed by atoms with Gasteiger partial charge < -0.3 is 15.0 Å². The Balaban J connectivity index is 2.18. The molecule has 1 heterocycles. The van der Waals surface area contributed by atoms with Crippen LogP contribution in [0.1, 0.15) is 12.8 Å². The quantitative estimate of drug-likeness (QED) is 0.614. The Morgan fingerprint density at radius 1 is 1.64 bits per heavy atom. The Morgan fingerprint density at radius 2 is 2.36 bits per heavy atom. The summed E-state index contributed by atoms with van der Waals surface area (Å²) in [4.78, 5) is 24.1. The molecule has 80 valence electrons. The van der Waals surface area contributed by atoms with Gasteiger partial charge >= 0.3 is 5.97 Å². The first-order valence-corrected chi connectivity index (χ1v) is 4.70. The Kier molecular flexibility index (Phi) is 3.88. The van der Waals surface area contributed by atoms with Crippen LogP contribution in [0.15, 0.2) is 0 Å². The zero-order valence-electron chi connectivity index (χ0n) is 8.58. The van der Waals surface area contributed by atoms with E-state index in [1.54, 1.807) is 0 Å². The van der Waals surface area contributed by atoms with Crippen molar-refractivity contribution >= 4 is 11.9 Å². The van der Waals surface area contributed by atoms with Gasteiger partial charge in [0.25, 0.3) is 0 Å². The summed E-state index contributed by atoms with van der Waals surface area (Å²) in [6.45, 7) is 1.07. The molecule has 0 spiro atoms. The van der Waals surface area contributed by atoms with Crippen LogP contribution < -0.4 is 5.32 Å². The van der Waals surface area contributed by atoms with E-state index in [9.17, 15) is 9.59 Å². The Labute approximate surface area is 83.4 Å². The van der Waals surface area contributed by atoms with Gasteiger partial charge in [0.2, 0.25) is 5.91 Å². The summed E-state index contributed by atoms with van der Waals surface area (Å²) in [5.74, 6) is -0.391. The summed E-state index contributed by atoms with van der Waals surface area (Å²) in [7, 11) is 3.82. The van der Waals surface area contributed by atoms with Gasteiger partial charge in [-0.25, -0.2) is 4.79 Å². The van der Waals surface area contributed by atoms with Gasteiger partial charge in [0.05, 0.1) is 0 Å². The van der Waals surface area contributed by atoms with E-state index in [1.807, 2.05) is 19.0 Å². The van der Waals surface area contributed by atoms with Crippen molar-refractivity contribution in [2.45, 2.75) is 18.9 Å². The SMILES string of the molecule is CN(C)CCOC(=O)[C@@H]1CCC(=O)N1. The van der Waals surface area contributed by atoms with E-state index >= 15 is 0 Å². The minimum atomic E-state index is -0.426. The average Bonchev–Trinajstić information content (AvgIpc) is 2.51. The Hall–Kier alpha value is -1.10.